The van der Waals surface area contributed by atoms with Gasteiger partial charge in [0.2, 0.25) is 0 Å². The van der Waals surface area contributed by atoms with Gasteiger partial charge in [-0.25, -0.2) is 4.98 Å². The standard InChI is InChI=1S/C12H10FN2O.C8H4F3N4.Ir/c1-8-7-14-11(12(15-8)16-2)9-3-5-10(13)6-4-9;9-8(10,11)7-13-6(14-15-7)5-3-1-2-4-12-5;/h3,5-7H,1-2H3;1-4H;/q2*-1;. The molecule has 0 unspecified atom stereocenters. The monoisotopic (exact) mass is 623 g/mol. The van der Waals surface area contributed by atoms with Gasteiger partial charge in [0.25, 0.3) is 0 Å². The largest absolute Gasteiger partial charge is 0.486 e. The zero-order valence-electron chi connectivity index (χ0n) is 16.6. The van der Waals surface area contributed by atoms with E-state index in [0.717, 1.165) is 5.69 Å². The Morgan fingerprint density at radius 3 is 2.41 bits per heavy atom. The molecule has 0 saturated heterocycles. The molecule has 32 heavy (non-hydrogen) atoms. The van der Waals surface area contributed by atoms with Crippen LogP contribution in [0.15, 0.2) is 48.8 Å². The van der Waals surface area contributed by atoms with Crippen LogP contribution < -0.4 is 9.84 Å². The van der Waals surface area contributed by atoms with Crippen molar-refractivity contribution in [1.82, 2.24) is 30.1 Å². The smallest absolute Gasteiger partial charge is 0.429 e. The Morgan fingerprint density at radius 1 is 1.06 bits per heavy atom. The van der Waals surface area contributed by atoms with Gasteiger partial charge < -0.3 is 14.8 Å². The Morgan fingerprint density at radius 2 is 1.84 bits per heavy atom. The van der Waals surface area contributed by atoms with E-state index in [-0.39, 0.29) is 37.4 Å². The number of halogens is 4. The van der Waals surface area contributed by atoms with Gasteiger partial charge in [-0.1, -0.05) is 6.07 Å². The van der Waals surface area contributed by atoms with Crippen molar-refractivity contribution in [2.45, 2.75) is 13.1 Å². The Labute approximate surface area is 193 Å². The van der Waals surface area contributed by atoms with Crippen molar-refractivity contribution in [1.29, 1.82) is 0 Å². The summed E-state index contributed by atoms with van der Waals surface area (Å²) >= 11 is 0. The maximum absolute atomic E-state index is 12.8. The molecule has 0 fully saturated rings. The third-order valence-electron chi connectivity index (χ3n) is 3.68. The predicted molar refractivity (Wildman–Crippen MR) is 101 cm³/mol. The molecule has 0 aliphatic rings. The number of alkyl halides is 3. The quantitative estimate of drug-likeness (QED) is 0.253. The zero-order chi connectivity index (χ0) is 22.4. The van der Waals surface area contributed by atoms with Crippen LogP contribution >= 0.6 is 0 Å². The van der Waals surface area contributed by atoms with E-state index in [1.807, 2.05) is 6.92 Å². The minimum absolute atomic E-state index is 0. The molecule has 4 aromatic rings. The molecule has 0 saturated carbocycles. The van der Waals surface area contributed by atoms with Crippen LogP contribution in [0.5, 0.6) is 5.88 Å². The fourth-order valence-corrected chi connectivity index (χ4v) is 2.30. The normalized spacial score (nSPS) is 10.6. The molecule has 1 radical (unpaired) electrons. The molecule has 0 amide bonds. The van der Waals surface area contributed by atoms with Crippen LogP contribution in [0.25, 0.3) is 22.8 Å². The van der Waals surface area contributed by atoms with Crippen LogP contribution in [0.3, 0.4) is 0 Å². The fraction of sp³-hybridized carbons (Fsp3) is 0.150. The number of ether oxygens (including phenoxy) is 1. The van der Waals surface area contributed by atoms with Crippen molar-refractivity contribution < 1.29 is 42.4 Å². The van der Waals surface area contributed by atoms with Crippen LogP contribution in [0, 0.1) is 18.8 Å². The summed E-state index contributed by atoms with van der Waals surface area (Å²) in [6, 6.07) is 11.8. The number of pyridine rings is 1. The van der Waals surface area contributed by atoms with Crippen molar-refractivity contribution in [2.24, 2.45) is 0 Å². The van der Waals surface area contributed by atoms with Crippen LogP contribution in [0.4, 0.5) is 17.6 Å². The Bertz CT molecular complexity index is 1140. The second-order valence-electron chi connectivity index (χ2n) is 5.96. The number of hydrogen-bond acceptors (Lipinski definition) is 6. The van der Waals surface area contributed by atoms with Gasteiger partial charge in [0.15, 0.2) is 5.88 Å². The van der Waals surface area contributed by atoms with Crippen molar-refractivity contribution in [3.8, 4) is 28.7 Å². The second kappa shape index (κ2) is 10.9. The molecule has 1 aromatic carbocycles. The summed E-state index contributed by atoms with van der Waals surface area (Å²) in [6.45, 7) is 1.83. The molecule has 169 valence electrons. The molecule has 12 heteroatoms. The van der Waals surface area contributed by atoms with E-state index < -0.39 is 12.0 Å². The average molecular weight is 623 g/mol. The van der Waals surface area contributed by atoms with Crippen LogP contribution in [-0.4, -0.2) is 32.1 Å². The zero-order valence-corrected chi connectivity index (χ0v) is 19.0. The fourth-order valence-electron chi connectivity index (χ4n) is 2.30. The van der Waals surface area contributed by atoms with E-state index in [1.165, 1.54) is 31.5 Å². The third kappa shape index (κ3) is 6.38. The molecule has 0 aliphatic carbocycles. The molecule has 0 N–H and O–H groups in total. The third-order valence-corrected chi connectivity index (χ3v) is 3.68. The summed E-state index contributed by atoms with van der Waals surface area (Å²) < 4.78 is 54.3. The van der Waals surface area contributed by atoms with Crippen LogP contribution in [0.2, 0.25) is 0 Å². The number of aromatic nitrogens is 6. The summed E-state index contributed by atoms with van der Waals surface area (Å²) in [4.78, 5) is 15.5. The van der Waals surface area contributed by atoms with Crippen LogP contribution in [0.1, 0.15) is 11.5 Å². The number of hydrogen-bond donors (Lipinski definition) is 0. The number of methoxy groups -OCH3 is 1. The van der Waals surface area contributed by atoms with Gasteiger partial charge in [0.1, 0.15) is 5.82 Å². The minimum atomic E-state index is -4.57. The molecule has 0 spiro atoms. The van der Waals surface area contributed by atoms with E-state index in [0.29, 0.717) is 17.1 Å². The van der Waals surface area contributed by atoms with Gasteiger partial charge in [-0.15, -0.1) is 29.8 Å². The molecule has 4 rings (SSSR count). The van der Waals surface area contributed by atoms with E-state index in [9.17, 15) is 17.6 Å². The van der Waals surface area contributed by atoms with Crippen LogP contribution in [-0.2, 0) is 26.3 Å². The number of benzene rings is 1. The summed E-state index contributed by atoms with van der Waals surface area (Å²) in [5, 5.41) is 6.25. The van der Waals surface area contributed by atoms with Crippen molar-refractivity contribution >= 4 is 0 Å². The summed E-state index contributed by atoms with van der Waals surface area (Å²) in [7, 11) is 1.52. The molecular weight excluding hydrogens is 608 g/mol. The number of nitrogens with zero attached hydrogens (tertiary/aromatic N) is 6. The SMILES string of the molecule is COc1nc(C)cnc1-c1[c-]cc(F)cc1.FC(F)(F)c1n[n-]c(-c2ccccn2)n1.[Ir]. The Kier molecular flexibility index (Phi) is 8.50. The van der Waals surface area contributed by atoms with E-state index in [4.69, 9.17) is 4.74 Å². The molecule has 0 bridgehead atoms. The second-order valence-corrected chi connectivity index (χ2v) is 5.96. The summed E-state index contributed by atoms with van der Waals surface area (Å²) in [5.41, 5.74) is 2.25. The van der Waals surface area contributed by atoms with Gasteiger partial charge in [-0.3, -0.25) is 19.5 Å². The number of rotatable bonds is 3. The van der Waals surface area contributed by atoms with Gasteiger partial charge >= 0.3 is 6.18 Å². The molecular formula is C20H14F4IrN6O-2. The summed E-state index contributed by atoms with van der Waals surface area (Å²) in [6.07, 6.45) is -1.49. The molecule has 0 atom stereocenters. The molecule has 7 nitrogen and oxygen atoms in total. The minimum Gasteiger partial charge on any atom is -0.486 e. The first kappa shape index (κ1) is 25.0. The predicted octanol–water partition coefficient (Wildman–Crippen LogP) is 3.91. The molecule has 3 aromatic heterocycles. The van der Waals surface area contributed by atoms with Crippen molar-refractivity contribution in [3.63, 3.8) is 0 Å². The Balaban J connectivity index is 0.000000220. The summed E-state index contributed by atoms with van der Waals surface area (Å²) in [5.74, 6) is -1.28. The van der Waals surface area contributed by atoms with Gasteiger partial charge in [-0.05, 0) is 24.9 Å². The van der Waals surface area contributed by atoms with E-state index in [2.05, 4.69) is 36.2 Å². The Hall–Kier alpha value is -3.24. The van der Waals surface area contributed by atoms with E-state index in [1.54, 1.807) is 24.4 Å². The average Bonchev–Trinajstić information content (AvgIpc) is 3.27. The van der Waals surface area contributed by atoms with Gasteiger partial charge in [0, 0.05) is 44.0 Å². The number of aryl methyl sites for hydroxylation is 1. The maximum atomic E-state index is 12.8. The first-order chi connectivity index (χ1) is 14.8. The first-order valence-corrected chi connectivity index (χ1v) is 8.69. The first-order valence-electron chi connectivity index (χ1n) is 8.69. The maximum Gasteiger partial charge on any atom is 0.429 e. The molecule has 0 aliphatic heterocycles. The van der Waals surface area contributed by atoms with Gasteiger partial charge in [0.05, 0.1) is 18.5 Å². The van der Waals surface area contributed by atoms with E-state index >= 15 is 0 Å². The van der Waals surface area contributed by atoms with Gasteiger partial charge in [-0.2, -0.15) is 13.2 Å². The topological polar surface area (TPSA) is 87.8 Å². The molecule has 3 heterocycles. The van der Waals surface area contributed by atoms with Crippen molar-refractivity contribution in [2.75, 3.05) is 7.11 Å². The van der Waals surface area contributed by atoms with Crippen molar-refractivity contribution in [3.05, 3.63) is 72.2 Å².